The van der Waals surface area contributed by atoms with Crippen molar-refractivity contribution < 1.29 is 4.74 Å². The molecular weight excluding hydrogens is 210 g/mol. The highest BCUT2D eigenvalue weighted by atomic mass is 16.5. The van der Waals surface area contributed by atoms with E-state index in [-0.39, 0.29) is 0 Å². The first-order chi connectivity index (χ1) is 8.20. The summed E-state index contributed by atoms with van der Waals surface area (Å²) in [6.07, 6.45) is 2.70. The smallest absolute Gasteiger partial charge is 0.119 e. The van der Waals surface area contributed by atoms with Crippen LogP contribution in [0.2, 0.25) is 0 Å². The lowest BCUT2D eigenvalue weighted by Gasteiger charge is -2.16. The Kier molecular flexibility index (Phi) is 4.06. The van der Waals surface area contributed by atoms with Crippen LogP contribution in [0.5, 0.6) is 5.75 Å². The molecule has 1 aliphatic carbocycles. The van der Waals surface area contributed by atoms with Crippen LogP contribution in [0.3, 0.4) is 0 Å². The molecule has 1 saturated carbocycles. The molecule has 0 amide bonds. The van der Waals surface area contributed by atoms with Crippen molar-refractivity contribution in [2.24, 2.45) is 5.92 Å². The molecule has 0 spiro atoms. The molecular formula is C15H23NO. The third-order valence-electron chi connectivity index (χ3n) is 3.54. The van der Waals surface area contributed by atoms with Gasteiger partial charge >= 0.3 is 0 Å². The van der Waals surface area contributed by atoms with Crippen molar-refractivity contribution in [1.29, 1.82) is 0 Å². The molecule has 2 heteroatoms. The molecule has 0 radical (unpaired) electrons. The summed E-state index contributed by atoms with van der Waals surface area (Å²) in [5, 5.41) is 3.34. The standard InChI is InChI=1S/C15H23NO/c1-11(2)12-6-8-14(9-7-12)17-10-15(16-3)13-4-5-13/h6-9,11,13,15-16H,4-5,10H2,1-3H3. The zero-order chi connectivity index (χ0) is 12.3. The van der Waals surface area contributed by atoms with Crippen molar-refractivity contribution >= 4 is 0 Å². The van der Waals surface area contributed by atoms with Crippen molar-refractivity contribution in [3.8, 4) is 5.75 Å². The summed E-state index contributed by atoms with van der Waals surface area (Å²) in [6, 6.07) is 8.99. The molecule has 1 N–H and O–H groups in total. The van der Waals surface area contributed by atoms with Crippen LogP contribution in [0.15, 0.2) is 24.3 Å². The van der Waals surface area contributed by atoms with Gasteiger partial charge in [-0.1, -0.05) is 26.0 Å². The topological polar surface area (TPSA) is 21.3 Å². The SMILES string of the molecule is CNC(COc1ccc(C(C)C)cc1)C1CC1. The fraction of sp³-hybridized carbons (Fsp3) is 0.600. The molecule has 1 aromatic carbocycles. The molecule has 1 atom stereocenters. The van der Waals surface area contributed by atoms with E-state index in [2.05, 4.69) is 43.4 Å². The molecule has 17 heavy (non-hydrogen) atoms. The highest BCUT2D eigenvalue weighted by Crippen LogP contribution is 2.32. The summed E-state index contributed by atoms with van der Waals surface area (Å²) in [7, 11) is 2.02. The van der Waals surface area contributed by atoms with E-state index in [1.165, 1.54) is 18.4 Å². The maximum atomic E-state index is 5.83. The van der Waals surface area contributed by atoms with Gasteiger partial charge in [-0.3, -0.25) is 0 Å². The number of nitrogens with one attached hydrogen (secondary N) is 1. The van der Waals surface area contributed by atoms with Crippen molar-refractivity contribution in [1.82, 2.24) is 5.32 Å². The molecule has 0 saturated heterocycles. The van der Waals surface area contributed by atoms with Crippen LogP contribution in [0, 0.1) is 5.92 Å². The Morgan fingerprint density at radius 3 is 2.35 bits per heavy atom. The Morgan fingerprint density at radius 2 is 1.88 bits per heavy atom. The zero-order valence-corrected chi connectivity index (χ0v) is 11.1. The minimum absolute atomic E-state index is 0.514. The summed E-state index contributed by atoms with van der Waals surface area (Å²) in [5.74, 6) is 2.39. The van der Waals surface area contributed by atoms with E-state index < -0.39 is 0 Å². The van der Waals surface area contributed by atoms with Crippen LogP contribution in [-0.2, 0) is 0 Å². The molecule has 1 unspecified atom stereocenters. The van der Waals surface area contributed by atoms with Gasteiger partial charge in [0.15, 0.2) is 0 Å². The minimum atomic E-state index is 0.514. The molecule has 0 heterocycles. The lowest BCUT2D eigenvalue weighted by molar-refractivity contribution is 0.256. The lowest BCUT2D eigenvalue weighted by Crippen LogP contribution is -2.33. The van der Waals surface area contributed by atoms with E-state index in [1.54, 1.807) is 0 Å². The van der Waals surface area contributed by atoms with Crippen molar-refractivity contribution in [2.75, 3.05) is 13.7 Å². The van der Waals surface area contributed by atoms with Crippen LogP contribution in [-0.4, -0.2) is 19.7 Å². The van der Waals surface area contributed by atoms with E-state index in [9.17, 15) is 0 Å². The van der Waals surface area contributed by atoms with E-state index in [0.717, 1.165) is 18.3 Å². The van der Waals surface area contributed by atoms with Crippen molar-refractivity contribution in [3.63, 3.8) is 0 Å². The van der Waals surface area contributed by atoms with E-state index in [4.69, 9.17) is 4.74 Å². The monoisotopic (exact) mass is 233 g/mol. The first kappa shape index (κ1) is 12.4. The Bertz CT molecular complexity index is 340. The predicted octanol–water partition coefficient (Wildman–Crippen LogP) is 3.19. The van der Waals surface area contributed by atoms with E-state index in [0.29, 0.717) is 12.0 Å². The highest BCUT2D eigenvalue weighted by Gasteiger charge is 2.30. The molecule has 1 aromatic rings. The quantitative estimate of drug-likeness (QED) is 0.814. The molecule has 1 fully saturated rings. The normalized spacial score (nSPS) is 17.2. The fourth-order valence-corrected chi connectivity index (χ4v) is 2.09. The summed E-state index contributed by atoms with van der Waals surface area (Å²) < 4.78 is 5.83. The second kappa shape index (κ2) is 5.54. The Balaban J connectivity index is 1.85. The zero-order valence-electron chi connectivity index (χ0n) is 11.1. The van der Waals surface area contributed by atoms with Crippen molar-refractivity contribution in [2.45, 2.75) is 38.6 Å². The summed E-state index contributed by atoms with van der Waals surface area (Å²) >= 11 is 0. The van der Waals surface area contributed by atoms with Gasteiger partial charge in [-0.05, 0) is 49.4 Å². The van der Waals surface area contributed by atoms with Gasteiger partial charge in [0.2, 0.25) is 0 Å². The van der Waals surface area contributed by atoms with Crippen LogP contribution < -0.4 is 10.1 Å². The highest BCUT2D eigenvalue weighted by molar-refractivity contribution is 5.28. The second-order valence-corrected chi connectivity index (χ2v) is 5.27. The predicted molar refractivity (Wildman–Crippen MR) is 71.6 cm³/mol. The maximum Gasteiger partial charge on any atom is 0.119 e. The lowest BCUT2D eigenvalue weighted by atomic mass is 10.0. The van der Waals surface area contributed by atoms with Crippen LogP contribution in [0.1, 0.15) is 38.2 Å². The average Bonchev–Trinajstić information content (AvgIpc) is 3.15. The van der Waals surface area contributed by atoms with Crippen LogP contribution in [0.4, 0.5) is 0 Å². The Morgan fingerprint density at radius 1 is 1.24 bits per heavy atom. The number of likely N-dealkylation sites (N-methyl/N-ethyl adjacent to an activating group) is 1. The van der Waals surface area contributed by atoms with Gasteiger partial charge in [0.25, 0.3) is 0 Å². The second-order valence-electron chi connectivity index (χ2n) is 5.27. The van der Waals surface area contributed by atoms with E-state index >= 15 is 0 Å². The number of hydrogen-bond acceptors (Lipinski definition) is 2. The summed E-state index contributed by atoms with van der Waals surface area (Å²) in [5.41, 5.74) is 1.37. The number of rotatable bonds is 6. The number of benzene rings is 1. The van der Waals surface area contributed by atoms with Gasteiger partial charge < -0.3 is 10.1 Å². The van der Waals surface area contributed by atoms with Gasteiger partial charge in [0, 0.05) is 6.04 Å². The molecule has 94 valence electrons. The average molecular weight is 233 g/mol. The number of ether oxygens (including phenoxy) is 1. The van der Waals surface area contributed by atoms with Crippen molar-refractivity contribution in [3.05, 3.63) is 29.8 Å². The fourth-order valence-electron chi connectivity index (χ4n) is 2.09. The van der Waals surface area contributed by atoms with Gasteiger partial charge in [-0.25, -0.2) is 0 Å². The Hall–Kier alpha value is -1.02. The van der Waals surface area contributed by atoms with Crippen LogP contribution in [0.25, 0.3) is 0 Å². The molecule has 2 rings (SSSR count). The molecule has 0 aromatic heterocycles. The molecule has 2 nitrogen and oxygen atoms in total. The summed E-state index contributed by atoms with van der Waals surface area (Å²) in [4.78, 5) is 0. The number of hydrogen-bond donors (Lipinski definition) is 1. The molecule has 1 aliphatic rings. The Labute approximate surface area is 104 Å². The molecule has 0 bridgehead atoms. The van der Waals surface area contributed by atoms with Gasteiger partial charge in [-0.2, -0.15) is 0 Å². The van der Waals surface area contributed by atoms with Crippen LogP contribution >= 0.6 is 0 Å². The third-order valence-corrected chi connectivity index (χ3v) is 3.54. The maximum absolute atomic E-state index is 5.83. The van der Waals surface area contributed by atoms with Gasteiger partial charge in [-0.15, -0.1) is 0 Å². The largest absolute Gasteiger partial charge is 0.492 e. The van der Waals surface area contributed by atoms with Gasteiger partial charge in [0.05, 0.1) is 0 Å². The molecule has 0 aliphatic heterocycles. The first-order valence-corrected chi connectivity index (χ1v) is 6.60. The van der Waals surface area contributed by atoms with E-state index in [1.807, 2.05) is 7.05 Å². The first-order valence-electron chi connectivity index (χ1n) is 6.60. The third kappa shape index (κ3) is 3.47. The minimum Gasteiger partial charge on any atom is -0.492 e. The van der Waals surface area contributed by atoms with Gasteiger partial charge in [0.1, 0.15) is 12.4 Å². The summed E-state index contributed by atoms with van der Waals surface area (Å²) in [6.45, 7) is 5.20.